The number of fused-ring (bicyclic) bond motifs is 1. The molecule has 0 radical (unpaired) electrons. The van der Waals surface area contributed by atoms with Gasteiger partial charge in [-0.15, -0.1) is 11.3 Å². The van der Waals surface area contributed by atoms with Crippen LogP contribution in [0.4, 0.5) is 0 Å². The van der Waals surface area contributed by atoms with Crippen LogP contribution in [0.5, 0.6) is 0 Å². The lowest BCUT2D eigenvalue weighted by molar-refractivity contribution is -0.140. The number of ether oxygens (including phenoxy) is 1. The molecule has 2 heterocycles. The smallest absolute Gasteiger partial charge is 0.338 e. The van der Waals surface area contributed by atoms with Crippen molar-refractivity contribution >= 4 is 33.4 Å². The summed E-state index contributed by atoms with van der Waals surface area (Å²) < 4.78 is 6.27. The van der Waals surface area contributed by atoms with Crippen LogP contribution in [-0.2, 0) is 9.53 Å². The molecule has 1 fully saturated rings. The van der Waals surface area contributed by atoms with E-state index in [1.807, 2.05) is 0 Å². The minimum atomic E-state index is -0.747. The van der Waals surface area contributed by atoms with E-state index in [2.05, 4.69) is 4.98 Å². The number of aromatic nitrogens is 1. The van der Waals surface area contributed by atoms with E-state index in [1.165, 1.54) is 11.3 Å². The Labute approximate surface area is 132 Å². The number of esters is 1. The zero-order valence-corrected chi connectivity index (χ0v) is 13.3. The van der Waals surface area contributed by atoms with Crippen molar-refractivity contribution in [1.29, 1.82) is 0 Å². The molecule has 1 aromatic heterocycles. The largest absolute Gasteiger partial charge is 0.449 e. The number of hydrogen-bond donors (Lipinski definition) is 0. The molecule has 1 aromatic carbocycles. The lowest BCUT2D eigenvalue weighted by Gasteiger charge is -2.28. The van der Waals surface area contributed by atoms with Gasteiger partial charge in [0.25, 0.3) is 5.91 Å². The highest BCUT2D eigenvalue weighted by Gasteiger charge is 2.25. The molecule has 1 amide bonds. The van der Waals surface area contributed by atoms with E-state index in [1.54, 1.807) is 35.5 Å². The molecule has 0 N–H and O–H groups in total. The predicted molar refractivity (Wildman–Crippen MR) is 84.9 cm³/mol. The lowest BCUT2D eigenvalue weighted by atomic mass is 10.1. The first-order valence-electron chi connectivity index (χ1n) is 7.48. The molecule has 0 bridgehead atoms. The second-order valence-corrected chi connectivity index (χ2v) is 6.35. The molecule has 1 aliphatic heterocycles. The van der Waals surface area contributed by atoms with Crippen molar-refractivity contribution in [3.63, 3.8) is 0 Å². The van der Waals surface area contributed by atoms with Gasteiger partial charge in [-0.05, 0) is 44.4 Å². The van der Waals surface area contributed by atoms with Gasteiger partial charge in [0.05, 0.1) is 21.3 Å². The van der Waals surface area contributed by atoms with Crippen LogP contribution in [0.3, 0.4) is 0 Å². The average Bonchev–Trinajstić information content (AvgIpc) is 3.02. The minimum absolute atomic E-state index is 0.105. The molecule has 1 aliphatic rings. The summed E-state index contributed by atoms with van der Waals surface area (Å²) >= 11 is 1.47. The molecule has 5 nitrogen and oxygen atoms in total. The highest BCUT2D eigenvalue weighted by atomic mass is 32.1. The van der Waals surface area contributed by atoms with Gasteiger partial charge in [0.1, 0.15) is 0 Å². The van der Waals surface area contributed by atoms with Crippen LogP contribution < -0.4 is 0 Å². The molecular formula is C16H18N2O3S. The molecule has 3 rings (SSSR count). The van der Waals surface area contributed by atoms with E-state index in [0.29, 0.717) is 5.56 Å². The molecule has 1 atom stereocenters. The molecule has 6 heteroatoms. The van der Waals surface area contributed by atoms with Crippen molar-refractivity contribution in [1.82, 2.24) is 9.88 Å². The third kappa shape index (κ3) is 3.11. The number of nitrogens with zero attached hydrogens (tertiary/aromatic N) is 2. The minimum Gasteiger partial charge on any atom is -0.449 e. The molecule has 116 valence electrons. The van der Waals surface area contributed by atoms with Gasteiger partial charge in [-0.1, -0.05) is 0 Å². The second kappa shape index (κ2) is 6.44. The highest BCUT2D eigenvalue weighted by Crippen LogP contribution is 2.20. The number of carbonyl (C=O) groups is 2. The summed E-state index contributed by atoms with van der Waals surface area (Å²) in [6, 6.07) is 5.23. The normalized spacial score (nSPS) is 16.5. The Bertz CT molecular complexity index is 692. The summed E-state index contributed by atoms with van der Waals surface area (Å²) in [7, 11) is 0. The average molecular weight is 318 g/mol. The second-order valence-electron chi connectivity index (χ2n) is 5.47. The highest BCUT2D eigenvalue weighted by molar-refractivity contribution is 7.16. The van der Waals surface area contributed by atoms with Crippen molar-refractivity contribution < 1.29 is 14.3 Å². The fraction of sp³-hybridized carbons (Fsp3) is 0.438. The predicted octanol–water partition coefficient (Wildman–Crippen LogP) is 2.85. The van der Waals surface area contributed by atoms with E-state index in [4.69, 9.17) is 4.74 Å². The Morgan fingerprint density at radius 3 is 2.82 bits per heavy atom. The van der Waals surface area contributed by atoms with Crippen LogP contribution in [0.1, 0.15) is 36.5 Å². The Hall–Kier alpha value is -1.95. The van der Waals surface area contributed by atoms with Gasteiger partial charge < -0.3 is 9.64 Å². The number of benzene rings is 1. The van der Waals surface area contributed by atoms with Crippen LogP contribution in [0.2, 0.25) is 0 Å². The monoisotopic (exact) mass is 318 g/mol. The fourth-order valence-corrected chi connectivity index (χ4v) is 3.35. The quantitative estimate of drug-likeness (QED) is 0.817. The van der Waals surface area contributed by atoms with Gasteiger partial charge in [0.15, 0.2) is 6.10 Å². The van der Waals surface area contributed by atoms with Crippen molar-refractivity contribution in [2.24, 2.45) is 0 Å². The Morgan fingerprint density at radius 2 is 2.05 bits per heavy atom. The van der Waals surface area contributed by atoms with Crippen LogP contribution in [-0.4, -0.2) is 41.0 Å². The van der Waals surface area contributed by atoms with E-state index >= 15 is 0 Å². The standard InChI is InChI=1S/C16H18N2O3S/c1-11(15(19)18-7-3-2-4-8-18)21-16(20)12-5-6-13-14(9-12)22-10-17-13/h5-6,9-11H,2-4,7-8H2,1H3. The van der Waals surface area contributed by atoms with Gasteiger partial charge >= 0.3 is 5.97 Å². The molecule has 22 heavy (non-hydrogen) atoms. The molecule has 0 aliphatic carbocycles. The topological polar surface area (TPSA) is 59.5 Å². The van der Waals surface area contributed by atoms with Crippen molar-refractivity contribution in [2.45, 2.75) is 32.3 Å². The first kappa shape index (κ1) is 15.0. The number of piperidine rings is 1. The summed E-state index contributed by atoms with van der Waals surface area (Å²) in [6.07, 6.45) is 2.46. The van der Waals surface area contributed by atoms with Crippen molar-refractivity contribution in [2.75, 3.05) is 13.1 Å². The van der Waals surface area contributed by atoms with Crippen molar-refractivity contribution in [3.8, 4) is 0 Å². The van der Waals surface area contributed by atoms with E-state index in [0.717, 1.165) is 42.6 Å². The van der Waals surface area contributed by atoms with Gasteiger partial charge in [-0.2, -0.15) is 0 Å². The number of amides is 1. The molecular weight excluding hydrogens is 300 g/mol. The Morgan fingerprint density at radius 1 is 1.27 bits per heavy atom. The zero-order valence-electron chi connectivity index (χ0n) is 12.4. The van der Waals surface area contributed by atoms with Gasteiger partial charge in [-0.25, -0.2) is 9.78 Å². The third-order valence-corrected chi connectivity index (χ3v) is 4.66. The van der Waals surface area contributed by atoms with Gasteiger partial charge in [0, 0.05) is 13.1 Å². The van der Waals surface area contributed by atoms with Gasteiger partial charge in [-0.3, -0.25) is 4.79 Å². The maximum absolute atomic E-state index is 12.3. The summed E-state index contributed by atoms with van der Waals surface area (Å²) in [4.78, 5) is 30.4. The van der Waals surface area contributed by atoms with Crippen LogP contribution in [0.25, 0.3) is 10.2 Å². The first-order valence-corrected chi connectivity index (χ1v) is 8.36. The molecule has 0 saturated carbocycles. The number of hydrogen-bond acceptors (Lipinski definition) is 5. The molecule has 1 saturated heterocycles. The van der Waals surface area contributed by atoms with Crippen LogP contribution in [0, 0.1) is 0 Å². The lowest BCUT2D eigenvalue weighted by Crippen LogP contribution is -2.42. The third-order valence-electron chi connectivity index (χ3n) is 3.87. The van der Waals surface area contributed by atoms with E-state index in [9.17, 15) is 9.59 Å². The number of carbonyl (C=O) groups excluding carboxylic acids is 2. The SMILES string of the molecule is CC(OC(=O)c1ccc2ncsc2c1)C(=O)N1CCCCC1. The van der Waals surface area contributed by atoms with Crippen LogP contribution >= 0.6 is 11.3 Å². The summed E-state index contributed by atoms with van der Waals surface area (Å²) in [5, 5.41) is 0. The fourth-order valence-electron chi connectivity index (χ4n) is 2.63. The van der Waals surface area contributed by atoms with Crippen molar-refractivity contribution in [3.05, 3.63) is 29.3 Å². The Balaban J connectivity index is 1.65. The maximum Gasteiger partial charge on any atom is 0.338 e. The van der Waals surface area contributed by atoms with E-state index < -0.39 is 12.1 Å². The number of rotatable bonds is 3. The van der Waals surface area contributed by atoms with Crippen LogP contribution in [0.15, 0.2) is 23.7 Å². The molecule has 1 unspecified atom stereocenters. The number of thiazole rings is 1. The van der Waals surface area contributed by atoms with E-state index in [-0.39, 0.29) is 5.91 Å². The maximum atomic E-state index is 12.3. The summed E-state index contributed by atoms with van der Waals surface area (Å²) in [5.41, 5.74) is 3.05. The zero-order chi connectivity index (χ0) is 15.5. The molecule has 0 spiro atoms. The first-order chi connectivity index (χ1) is 10.6. The summed E-state index contributed by atoms with van der Waals surface area (Å²) in [6.45, 7) is 3.15. The molecule has 2 aromatic rings. The van der Waals surface area contributed by atoms with Gasteiger partial charge in [0.2, 0.25) is 0 Å². The Kier molecular flexibility index (Phi) is 4.38. The summed E-state index contributed by atoms with van der Waals surface area (Å²) in [5.74, 6) is -0.569. The number of likely N-dealkylation sites (tertiary alicyclic amines) is 1.